The number of hydrogen-bond acceptors (Lipinski definition) is 4. The molecule has 5 heteroatoms. The number of methoxy groups -OCH3 is 1. The Hall–Kier alpha value is -0.910. The number of nitrogens with zero attached hydrogens (tertiary/aromatic N) is 1. The molecular formula is C14H19NO3S. The molecule has 1 atom stereocenters. The lowest BCUT2D eigenvalue weighted by molar-refractivity contribution is -0.0949. The summed E-state index contributed by atoms with van der Waals surface area (Å²) in [4.78, 5) is 14.9. The van der Waals surface area contributed by atoms with Gasteiger partial charge in [0.1, 0.15) is 5.60 Å². The monoisotopic (exact) mass is 281 g/mol. The Balaban J connectivity index is 1.51. The highest BCUT2D eigenvalue weighted by Crippen LogP contribution is 2.39. The van der Waals surface area contributed by atoms with E-state index in [4.69, 9.17) is 9.47 Å². The van der Waals surface area contributed by atoms with Crippen LogP contribution in [0.1, 0.15) is 22.5 Å². The van der Waals surface area contributed by atoms with E-state index in [9.17, 15) is 4.79 Å². The zero-order chi connectivity index (χ0) is 13.3. The van der Waals surface area contributed by atoms with Crippen molar-refractivity contribution in [2.75, 3.05) is 33.4 Å². The molecule has 1 aromatic rings. The lowest BCUT2D eigenvalue weighted by Crippen LogP contribution is -2.63. The molecule has 19 heavy (non-hydrogen) atoms. The number of amides is 1. The summed E-state index contributed by atoms with van der Waals surface area (Å²) >= 11 is 1.50. The molecule has 1 amide bonds. The van der Waals surface area contributed by atoms with E-state index in [1.807, 2.05) is 22.4 Å². The lowest BCUT2D eigenvalue weighted by Gasteiger charge is -2.47. The van der Waals surface area contributed by atoms with E-state index in [0.29, 0.717) is 5.92 Å². The van der Waals surface area contributed by atoms with Gasteiger partial charge in [0.25, 0.3) is 5.91 Å². The van der Waals surface area contributed by atoms with Crippen molar-refractivity contribution in [3.8, 4) is 0 Å². The van der Waals surface area contributed by atoms with Gasteiger partial charge in [-0.15, -0.1) is 11.3 Å². The predicted octanol–water partition coefficient (Wildman–Crippen LogP) is 2.02. The number of thiophene rings is 1. The molecule has 3 rings (SSSR count). The minimum atomic E-state index is -0.0642. The molecule has 0 N–H and O–H groups in total. The zero-order valence-electron chi connectivity index (χ0n) is 11.1. The van der Waals surface area contributed by atoms with Gasteiger partial charge >= 0.3 is 0 Å². The standard InChI is InChI=1S/C14H19NO3S/c1-17-5-4-11-7-14(18-8-11)9-15(10-14)13(16)12-3-2-6-19-12/h2-3,6,11H,4-5,7-10H2,1H3. The molecule has 0 radical (unpaired) electrons. The maximum Gasteiger partial charge on any atom is 0.264 e. The summed E-state index contributed by atoms with van der Waals surface area (Å²) in [5.74, 6) is 0.725. The molecule has 0 saturated carbocycles. The van der Waals surface area contributed by atoms with Crippen molar-refractivity contribution in [3.05, 3.63) is 22.4 Å². The predicted molar refractivity (Wildman–Crippen MR) is 73.5 cm³/mol. The number of ether oxygens (including phenoxy) is 2. The fraction of sp³-hybridized carbons (Fsp3) is 0.643. The Morgan fingerprint density at radius 1 is 1.63 bits per heavy atom. The highest BCUT2D eigenvalue weighted by atomic mass is 32.1. The summed E-state index contributed by atoms with van der Waals surface area (Å²) in [6.07, 6.45) is 2.11. The van der Waals surface area contributed by atoms with Crippen LogP contribution in [0.2, 0.25) is 0 Å². The first-order valence-corrected chi connectivity index (χ1v) is 7.56. The molecule has 104 valence electrons. The van der Waals surface area contributed by atoms with Crippen molar-refractivity contribution in [2.45, 2.75) is 18.4 Å². The van der Waals surface area contributed by atoms with Crippen LogP contribution >= 0.6 is 11.3 Å². The van der Waals surface area contributed by atoms with Gasteiger partial charge in [-0.3, -0.25) is 4.79 Å². The molecule has 2 aliphatic heterocycles. The van der Waals surface area contributed by atoms with E-state index in [-0.39, 0.29) is 11.5 Å². The number of likely N-dealkylation sites (tertiary alicyclic amines) is 1. The fourth-order valence-electron chi connectivity index (χ4n) is 2.98. The summed E-state index contributed by atoms with van der Waals surface area (Å²) in [5.41, 5.74) is -0.0642. The van der Waals surface area contributed by atoms with Crippen LogP contribution in [-0.4, -0.2) is 49.8 Å². The van der Waals surface area contributed by atoms with Crippen LogP contribution in [0.15, 0.2) is 17.5 Å². The molecule has 4 nitrogen and oxygen atoms in total. The van der Waals surface area contributed by atoms with Gasteiger partial charge in [0.15, 0.2) is 0 Å². The van der Waals surface area contributed by atoms with E-state index in [1.165, 1.54) is 11.3 Å². The topological polar surface area (TPSA) is 38.8 Å². The first-order valence-electron chi connectivity index (χ1n) is 6.68. The lowest BCUT2D eigenvalue weighted by atomic mass is 9.86. The average molecular weight is 281 g/mol. The largest absolute Gasteiger partial charge is 0.385 e. The van der Waals surface area contributed by atoms with Crippen LogP contribution in [0, 0.1) is 5.92 Å². The number of carbonyl (C=O) groups excluding carboxylic acids is 1. The summed E-state index contributed by atoms with van der Waals surface area (Å²) < 4.78 is 11.1. The molecule has 2 fully saturated rings. The van der Waals surface area contributed by atoms with Gasteiger partial charge in [0.2, 0.25) is 0 Å². The minimum Gasteiger partial charge on any atom is -0.385 e. The van der Waals surface area contributed by atoms with Gasteiger partial charge in [-0.1, -0.05) is 6.07 Å². The molecule has 0 bridgehead atoms. The van der Waals surface area contributed by atoms with Crippen molar-refractivity contribution < 1.29 is 14.3 Å². The Morgan fingerprint density at radius 2 is 2.47 bits per heavy atom. The SMILES string of the molecule is COCCC1COC2(C1)CN(C(=O)c1cccs1)C2. The molecule has 2 saturated heterocycles. The molecule has 3 heterocycles. The van der Waals surface area contributed by atoms with Gasteiger partial charge in [-0.05, 0) is 30.2 Å². The summed E-state index contributed by atoms with van der Waals surface area (Å²) in [6, 6.07) is 3.80. The molecule has 0 aromatic carbocycles. The summed E-state index contributed by atoms with van der Waals surface area (Å²) in [6.45, 7) is 3.09. The van der Waals surface area contributed by atoms with Gasteiger partial charge in [0, 0.05) is 13.7 Å². The second-order valence-electron chi connectivity index (χ2n) is 5.48. The van der Waals surface area contributed by atoms with Crippen LogP contribution in [0.25, 0.3) is 0 Å². The Kier molecular flexibility index (Phi) is 3.60. The smallest absolute Gasteiger partial charge is 0.264 e. The maximum absolute atomic E-state index is 12.1. The summed E-state index contributed by atoms with van der Waals surface area (Å²) in [5, 5.41) is 1.94. The van der Waals surface area contributed by atoms with Gasteiger partial charge in [-0.25, -0.2) is 0 Å². The van der Waals surface area contributed by atoms with Gasteiger partial charge in [0.05, 0.1) is 24.6 Å². The average Bonchev–Trinajstić information content (AvgIpc) is 3.03. The number of hydrogen-bond donors (Lipinski definition) is 0. The normalized spacial score (nSPS) is 24.7. The third-order valence-electron chi connectivity index (χ3n) is 3.99. The van der Waals surface area contributed by atoms with E-state index in [0.717, 1.165) is 44.0 Å². The van der Waals surface area contributed by atoms with Crippen LogP contribution in [0.5, 0.6) is 0 Å². The van der Waals surface area contributed by atoms with Gasteiger partial charge in [-0.2, -0.15) is 0 Å². The van der Waals surface area contributed by atoms with E-state index in [2.05, 4.69) is 0 Å². The molecule has 1 unspecified atom stereocenters. The van der Waals surface area contributed by atoms with Crippen LogP contribution in [0.4, 0.5) is 0 Å². The minimum absolute atomic E-state index is 0.0642. The van der Waals surface area contributed by atoms with Crippen molar-refractivity contribution >= 4 is 17.2 Å². The molecule has 1 aromatic heterocycles. The Labute approximate surface area is 117 Å². The third kappa shape index (κ3) is 2.55. The highest BCUT2D eigenvalue weighted by molar-refractivity contribution is 7.12. The van der Waals surface area contributed by atoms with Crippen molar-refractivity contribution in [3.63, 3.8) is 0 Å². The van der Waals surface area contributed by atoms with Crippen LogP contribution in [0.3, 0.4) is 0 Å². The van der Waals surface area contributed by atoms with E-state index >= 15 is 0 Å². The Morgan fingerprint density at radius 3 is 3.16 bits per heavy atom. The third-order valence-corrected chi connectivity index (χ3v) is 4.85. The molecular weight excluding hydrogens is 262 g/mol. The molecule has 0 aliphatic carbocycles. The number of rotatable bonds is 4. The second-order valence-corrected chi connectivity index (χ2v) is 6.43. The van der Waals surface area contributed by atoms with E-state index < -0.39 is 0 Å². The molecule has 2 aliphatic rings. The van der Waals surface area contributed by atoms with Gasteiger partial charge < -0.3 is 14.4 Å². The maximum atomic E-state index is 12.1. The highest BCUT2D eigenvalue weighted by Gasteiger charge is 2.51. The summed E-state index contributed by atoms with van der Waals surface area (Å²) in [7, 11) is 1.73. The first-order chi connectivity index (χ1) is 9.22. The van der Waals surface area contributed by atoms with Crippen molar-refractivity contribution in [2.24, 2.45) is 5.92 Å². The van der Waals surface area contributed by atoms with Crippen LogP contribution < -0.4 is 0 Å². The van der Waals surface area contributed by atoms with Crippen molar-refractivity contribution in [1.82, 2.24) is 4.90 Å². The Bertz CT molecular complexity index is 440. The first kappa shape index (κ1) is 13.1. The zero-order valence-corrected chi connectivity index (χ0v) is 11.9. The van der Waals surface area contributed by atoms with Crippen LogP contribution in [-0.2, 0) is 9.47 Å². The number of carbonyl (C=O) groups is 1. The second kappa shape index (κ2) is 5.23. The van der Waals surface area contributed by atoms with E-state index in [1.54, 1.807) is 7.11 Å². The molecule has 1 spiro atoms. The fourth-order valence-corrected chi connectivity index (χ4v) is 3.67. The van der Waals surface area contributed by atoms with Crippen molar-refractivity contribution in [1.29, 1.82) is 0 Å². The quantitative estimate of drug-likeness (QED) is 0.847.